The number of carbonyl (C=O) groups excluding carboxylic acids is 1. The van der Waals surface area contributed by atoms with Crippen LogP contribution in [-0.4, -0.2) is 11.9 Å². The summed E-state index contributed by atoms with van der Waals surface area (Å²) in [6.45, 7) is 1.76. The van der Waals surface area contributed by atoms with Gasteiger partial charge in [0.2, 0.25) is 5.91 Å². The number of hydrogen-bond donors (Lipinski definition) is 2. The monoisotopic (exact) mass is 300 g/mol. The fourth-order valence-corrected chi connectivity index (χ4v) is 3.59. The van der Waals surface area contributed by atoms with Gasteiger partial charge < -0.3 is 5.73 Å². The highest BCUT2D eigenvalue weighted by Gasteiger charge is 2.21. The van der Waals surface area contributed by atoms with Crippen LogP contribution in [0.15, 0.2) is 29.6 Å². The molecule has 0 radical (unpaired) electrons. The Balaban J connectivity index is 2.27. The van der Waals surface area contributed by atoms with Gasteiger partial charge in [-0.25, -0.2) is 0 Å². The number of primary amides is 1. The minimum atomic E-state index is -0.391. The summed E-state index contributed by atoms with van der Waals surface area (Å²) in [5.74, 6) is -0.362. The Morgan fingerprint density at radius 2 is 2.17 bits per heavy atom. The molecule has 18 heavy (non-hydrogen) atoms. The molecule has 0 aliphatic carbocycles. The van der Waals surface area contributed by atoms with E-state index in [0.29, 0.717) is 0 Å². The molecule has 3 nitrogen and oxygen atoms in total. The molecule has 2 aromatic rings. The lowest BCUT2D eigenvalue weighted by atomic mass is 10.1. The van der Waals surface area contributed by atoms with Gasteiger partial charge in [-0.2, -0.15) is 0 Å². The minimum absolute atomic E-state index is 0.0370. The van der Waals surface area contributed by atoms with Gasteiger partial charge in [0.1, 0.15) is 0 Å². The van der Waals surface area contributed by atoms with Crippen molar-refractivity contribution in [2.24, 2.45) is 5.73 Å². The van der Waals surface area contributed by atoms with E-state index in [9.17, 15) is 4.79 Å². The Morgan fingerprint density at radius 3 is 2.67 bits per heavy atom. The molecule has 2 unspecified atom stereocenters. The van der Waals surface area contributed by atoms with Crippen LogP contribution >= 0.6 is 34.3 Å². The average molecular weight is 301 g/mol. The second-order valence-corrected chi connectivity index (χ2v) is 6.61. The number of nitrogens with two attached hydrogens (primary N) is 1. The Hall–Kier alpha value is -0.880. The topological polar surface area (TPSA) is 55.1 Å². The van der Waals surface area contributed by atoms with Gasteiger partial charge in [-0.15, -0.1) is 22.7 Å². The largest absolute Gasteiger partial charge is 0.368 e. The summed E-state index contributed by atoms with van der Waals surface area (Å²) in [7, 11) is 0. The molecular weight excluding hydrogens is 288 g/mol. The molecule has 6 heteroatoms. The van der Waals surface area contributed by atoms with Crippen LogP contribution in [0.25, 0.3) is 0 Å². The molecule has 0 saturated heterocycles. The molecule has 3 N–H and O–H groups in total. The Kier molecular flexibility index (Phi) is 4.40. The average Bonchev–Trinajstić information content (AvgIpc) is 2.96. The highest BCUT2D eigenvalue weighted by molar-refractivity contribution is 7.16. The van der Waals surface area contributed by atoms with Crippen LogP contribution < -0.4 is 11.1 Å². The van der Waals surface area contributed by atoms with Crippen molar-refractivity contribution in [2.45, 2.75) is 19.0 Å². The molecule has 1 amide bonds. The third kappa shape index (κ3) is 3.11. The molecule has 0 aliphatic rings. The highest BCUT2D eigenvalue weighted by atomic mass is 35.5. The fraction of sp³-hybridized carbons (Fsp3) is 0.250. The lowest BCUT2D eigenvalue weighted by Gasteiger charge is -2.19. The van der Waals surface area contributed by atoms with Crippen molar-refractivity contribution in [1.82, 2.24) is 5.32 Å². The quantitative estimate of drug-likeness (QED) is 0.892. The number of nitrogens with one attached hydrogen (secondary N) is 1. The second kappa shape index (κ2) is 5.84. The van der Waals surface area contributed by atoms with Crippen LogP contribution in [0.5, 0.6) is 0 Å². The number of rotatable bonds is 5. The van der Waals surface area contributed by atoms with Crippen molar-refractivity contribution in [3.05, 3.63) is 43.7 Å². The zero-order valence-electron chi connectivity index (χ0n) is 9.72. The summed E-state index contributed by atoms with van der Waals surface area (Å²) in [5.41, 5.74) is 5.30. The summed E-state index contributed by atoms with van der Waals surface area (Å²) in [6, 6.07) is 7.42. The molecule has 0 aliphatic heterocycles. The normalized spacial score (nSPS) is 14.3. The van der Waals surface area contributed by atoms with Gasteiger partial charge in [-0.3, -0.25) is 10.1 Å². The summed E-state index contributed by atoms with van der Waals surface area (Å²) < 4.78 is 0.736. The van der Waals surface area contributed by atoms with Crippen molar-refractivity contribution in [3.8, 4) is 0 Å². The van der Waals surface area contributed by atoms with E-state index in [2.05, 4.69) is 5.32 Å². The molecule has 0 spiro atoms. The van der Waals surface area contributed by atoms with Crippen molar-refractivity contribution in [2.75, 3.05) is 0 Å². The summed E-state index contributed by atoms with van der Waals surface area (Å²) in [4.78, 5) is 13.4. The first kappa shape index (κ1) is 13.5. The van der Waals surface area contributed by atoms with E-state index >= 15 is 0 Å². The summed E-state index contributed by atoms with van der Waals surface area (Å²) in [6.07, 6.45) is 0. The van der Waals surface area contributed by atoms with E-state index in [4.69, 9.17) is 17.3 Å². The molecule has 96 valence electrons. The number of amides is 1. The smallest absolute Gasteiger partial charge is 0.234 e. The van der Waals surface area contributed by atoms with Crippen LogP contribution in [0.3, 0.4) is 0 Å². The third-order valence-corrected chi connectivity index (χ3v) is 4.78. The third-order valence-electron chi connectivity index (χ3n) is 2.55. The van der Waals surface area contributed by atoms with Crippen LogP contribution in [0.4, 0.5) is 0 Å². The van der Waals surface area contributed by atoms with Crippen molar-refractivity contribution >= 4 is 40.2 Å². The van der Waals surface area contributed by atoms with Crippen LogP contribution in [-0.2, 0) is 4.79 Å². The lowest BCUT2D eigenvalue weighted by Crippen LogP contribution is -2.40. The van der Waals surface area contributed by atoms with E-state index < -0.39 is 6.04 Å². The molecule has 2 rings (SSSR count). The lowest BCUT2D eigenvalue weighted by molar-refractivity contribution is -0.119. The van der Waals surface area contributed by atoms with Gasteiger partial charge in [0.15, 0.2) is 0 Å². The van der Waals surface area contributed by atoms with Crippen molar-refractivity contribution < 1.29 is 4.79 Å². The van der Waals surface area contributed by atoms with E-state index in [1.54, 1.807) is 18.3 Å². The van der Waals surface area contributed by atoms with Crippen molar-refractivity contribution in [3.63, 3.8) is 0 Å². The Labute approximate surface area is 119 Å². The second-order valence-electron chi connectivity index (χ2n) is 3.88. The predicted octanol–water partition coefficient (Wildman–Crippen LogP) is 3.02. The predicted molar refractivity (Wildman–Crippen MR) is 77.3 cm³/mol. The molecule has 0 fully saturated rings. The number of halogens is 1. The van der Waals surface area contributed by atoms with Crippen molar-refractivity contribution in [1.29, 1.82) is 0 Å². The zero-order valence-corrected chi connectivity index (χ0v) is 12.1. The maximum absolute atomic E-state index is 11.2. The molecule has 2 atom stereocenters. The minimum Gasteiger partial charge on any atom is -0.368 e. The summed E-state index contributed by atoms with van der Waals surface area (Å²) in [5, 5.41) is 5.24. The van der Waals surface area contributed by atoms with Gasteiger partial charge in [0, 0.05) is 9.75 Å². The molecule has 2 aromatic heterocycles. The Bertz CT molecular complexity index is 524. The van der Waals surface area contributed by atoms with Gasteiger partial charge >= 0.3 is 0 Å². The zero-order chi connectivity index (χ0) is 13.1. The summed E-state index contributed by atoms with van der Waals surface area (Å²) >= 11 is 9.11. The van der Waals surface area contributed by atoms with E-state index in [1.165, 1.54) is 11.3 Å². The number of hydrogen-bond acceptors (Lipinski definition) is 4. The first-order valence-electron chi connectivity index (χ1n) is 5.42. The SMILES string of the molecule is CC(NC(c1cccs1)c1ccc(Cl)s1)C(N)=O. The highest BCUT2D eigenvalue weighted by Crippen LogP contribution is 2.33. The molecule has 0 bridgehead atoms. The van der Waals surface area contributed by atoms with Gasteiger partial charge in [-0.1, -0.05) is 17.7 Å². The van der Waals surface area contributed by atoms with E-state index in [0.717, 1.165) is 14.1 Å². The number of thiophene rings is 2. The number of carbonyl (C=O) groups is 1. The standard InChI is InChI=1S/C12H13ClN2OS2/c1-7(12(14)16)15-11(8-3-2-6-17-8)9-4-5-10(13)18-9/h2-7,11,15H,1H3,(H2,14,16). The van der Waals surface area contributed by atoms with E-state index in [-0.39, 0.29) is 11.9 Å². The molecule has 0 aromatic carbocycles. The van der Waals surface area contributed by atoms with Gasteiger partial charge in [-0.05, 0) is 30.5 Å². The first-order chi connectivity index (χ1) is 8.58. The van der Waals surface area contributed by atoms with Crippen LogP contribution in [0.2, 0.25) is 4.34 Å². The Morgan fingerprint density at radius 1 is 1.39 bits per heavy atom. The molecule has 2 heterocycles. The maximum Gasteiger partial charge on any atom is 0.234 e. The fourth-order valence-electron chi connectivity index (χ4n) is 1.58. The van der Waals surface area contributed by atoms with Gasteiger partial charge in [0.05, 0.1) is 16.4 Å². The van der Waals surface area contributed by atoms with Gasteiger partial charge in [0.25, 0.3) is 0 Å². The maximum atomic E-state index is 11.2. The van der Waals surface area contributed by atoms with Crippen LogP contribution in [0.1, 0.15) is 22.7 Å². The van der Waals surface area contributed by atoms with E-state index in [1.807, 2.05) is 29.6 Å². The molecular formula is C12H13ClN2OS2. The first-order valence-corrected chi connectivity index (χ1v) is 7.49. The molecule has 0 saturated carbocycles. The van der Waals surface area contributed by atoms with Crippen LogP contribution in [0, 0.1) is 0 Å².